The molecule has 2 aromatic rings. The van der Waals surface area contributed by atoms with Crippen molar-refractivity contribution in [3.05, 3.63) is 54.7 Å². The summed E-state index contributed by atoms with van der Waals surface area (Å²) in [6, 6.07) is 9.26. The lowest BCUT2D eigenvalue weighted by Gasteiger charge is -2.32. The van der Waals surface area contributed by atoms with E-state index in [4.69, 9.17) is 0 Å². The zero-order chi connectivity index (χ0) is 19.2. The first kappa shape index (κ1) is 18.7. The van der Waals surface area contributed by atoms with Crippen LogP contribution in [0.5, 0.6) is 0 Å². The van der Waals surface area contributed by atoms with Gasteiger partial charge in [-0.3, -0.25) is 10.1 Å². The van der Waals surface area contributed by atoms with Crippen LogP contribution in [0.25, 0.3) is 0 Å². The number of urea groups is 1. The lowest BCUT2D eigenvalue weighted by atomic mass is 10.0. The predicted octanol–water partition coefficient (Wildman–Crippen LogP) is 3.58. The van der Waals surface area contributed by atoms with Crippen molar-refractivity contribution in [2.45, 2.75) is 32.2 Å². The Morgan fingerprint density at radius 3 is 2.67 bits per heavy atom. The van der Waals surface area contributed by atoms with Crippen molar-refractivity contribution < 1.29 is 9.59 Å². The van der Waals surface area contributed by atoms with Gasteiger partial charge in [0, 0.05) is 31.3 Å². The molecule has 2 heterocycles. The Balaban J connectivity index is 1.60. The van der Waals surface area contributed by atoms with Gasteiger partial charge in [0.2, 0.25) is 5.91 Å². The molecule has 0 bridgehead atoms. The molecular formula is C20H25N5O2. The van der Waals surface area contributed by atoms with Crippen LogP contribution in [-0.4, -0.2) is 39.7 Å². The van der Waals surface area contributed by atoms with Gasteiger partial charge in [0.15, 0.2) is 0 Å². The minimum atomic E-state index is -0.301. The van der Waals surface area contributed by atoms with Crippen LogP contribution in [0, 0.1) is 6.92 Å². The molecule has 0 unspecified atom stereocenters. The van der Waals surface area contributed by atoms with Gasteiger partial charge in [-0.15, -0.1) is 6.58 Å². The van der Waals surface area contributed by atoms with Crippen LogP contribution in [0.1, 0.15) is 30.9 Å². The van der Waals surface area contributed by atoms with Gasteiger partial charge >= 0.3 is 6.03 Å². The lowest BCUT2D eigenvalue weighted by molar-refractivity contribution is -0.131. The first-order chi connectivity index (χ1) is 13.1. The van der Waals surface area contributed by atoms with Gasteiger partial charge in [-0.2, -0.15) is 5.10 Å². The zero-order valence-electron chi connectivity index (χ0n) is 15.5. The number of aryl methyl sites for hydroxylation is 1. The molecule has 0 radical (unpaired) electrons. The molecule has 142 valence electrons. The van der Waals surface area contributed by atoms with E-state index >= 15 is 0 Å². The van der Waals surface area contributed by atoms with E-state index < -0.39 is 0 Å². The Morgan fingerprint density at radius 2 is 1.96 bits per heavy atom. The highest BCUT2D eigenvalue weighted by molar-refractivity contribution is 5.99. The van der Waals surface area contributed by atoms with E-state index in [1.807, 2.05) is 40.8 Å². The highest BCUT2D eigenvalue weighted by atomic mass is 16.2. The topological polar surface area (TPSA) is 79.3 Å². The van der Waals surface area contributed by atoms with Crippen LogP contribution in [-0.2, 0) is 4.79 Å². The summed E-state index contributed by atoms with van der Waals surface area (Å²) in [6.45, 7) is 6.94. The molecule has 27 heavy (non-hydrogen) atoms. The van der Waals surface area contributed by atoms with Gasteiger partial charge in [-0.05, 0) is 31.4 Å². The maximum Gasteiger partial charge on any atom is 0.324 e. The molecule has 1 aliphatic rings. The maximum absolute atomic E-state index is 12.4. The molecular weight excluding hydrogens is 342 g/mol. The number of rotatable bonds is 5. The van der Waals surface area contributed by atoms with E-state index in [-0.39, 0.29) is 18.0 Å². The fraction of sp³-hybridized carbons (Fsp3) is 0.350. The Kier molecular flexibility index (Phi) is 5.90. The molecule has 0 atom stereocenters. The average molecular weight is 367 g/mol. The molecule has 3 rings (SSSR count). The molecule has 1 fully saturated rings. The second kappa shape index (κ2) is 8.53. The summed E-state index contributed by atoms with van der Waals surface area (Å²) in [4.78, 5) is 26.2. The number of piperidine rings is 1. The highest BCUT2D eigenvalue weighted by Gasteiger charge is 2.25. The molecule has 7 nitrogen and oxygen atoms in total. The van der Waals surface area contributed by atoms with Crippen LogP contribution in [0.15, 0.2) is 49.2 Å². The predicted molar refractivity (Wildman–Crippen MR) is 106 cm³/mol. The number of para-hydroxylation sites is 1. The minimum Gasteiger partial charge on any atom is -0.342 e. The second-order valence-corrected chi connectivity index (χ2v) is 6.66. The molecule has 1 aromatic carbocycles. The number of benzene rings is 1. The van der Waals surface area contributed by atoms with Crippen LogP contribution in [0.3, 0.4) is 0 Å². The zero-order valence-corrected chi connectivity index (χ0v) is 15.5. The van der Waals surface area contributed by atoms with Gasteiger partial charge in [-0.1, -0.05) is 24.3 Å². The molecule has 1 saturated heterocycles. The first-order valence-electron chi connectivity index (χ1n) is 9.14. The SMILES string of the molecule is C=CCC(=O)N1CCC(n2nccc2NC(=O)Nc2ccccc2C)CC1. The van der Waals surface area contributed by atoms with Crippen molar-refractivity contribution in [1.82, 2.24) is 14.7 Å². The Morgan fingerprint density at radius 1 is 1.22 bits per heavy atom. The minimum absolute atomic E-state index is 0.111. The van der Waals surface area contributed by atoms with Gasteiger partial charge in [0.1, 0.15) is 5.82 Å². The quantitative estimate of drug-likeness (QED) is 0.793. The van der Waals surface area contributed by atoms with Crippen LogP contribution in [0.4, 0.5) is 16.3 Å². The summed E-state index contributed by atoms with van der Waals surface area (Å²) in [6.07, 6.45) is 5.30. The summed E-state index contributed by atoms with van der Waals surface area (Å²) < 4.78 is 1.84. The molecule has 1 aromatic heterocycles. The van der Waals surface area contributed by atoms with E-state index in [0.717, 1.165) is 24.1 Å². The second-order valence-electron chi connectivity index (χ2n) is 6.66. The van der Waals surface area contributed by atoms with Crippen molar-refractivity contribution in [2.24, 2.45) is 0 Å². The number of carbonyl (C=O) groups excluding carboxylic acids is 2. The number of nitrogens with one attached hydrogen (secondary N) is 2. The van der Waals surface area contributed by atoms with Crippen molar-refractivity contribution in [3.63, 3.8) is 0 Å². The lowest BCUT2D eigenvalue weighted by Crippen LogP contribution is -2.39. The van der Waals surface area contributed by atoms with Gasteiger partial charge in [-0.25, -0.2) is 9.48 Å². The molecule has 0 spiro atoms. The number of hydrogen-bond donors (Lipinski definition) is 2. The van der Waals surface area contributed by atoms with E-state index in [9.17, 15) is 9.59 Å². The molecule has 0 saturated carbocycles. The smallest absolute Gasteiger partial charge is 0.324 e. The number of anilines is 2. The van der Waals surface area contributed by atoms with E-state index in [1.165, 1.54) is 0 Å². The van der Waals surface area contributed by atoms with Crippen molar-refractivity contribution in [2.75, 3.05) is 23.7 Å². The number of nitrogens with zero attached hydrogens (tertiary/aromatic N) is 3. The number of aromatic nitrogens is 2. The summed E-state index contributed by atoms with van der Waals surface area (Å²) in [5, 5.41) is 10.1. The highest BCUT2D eigenvalue weighted by Crippen LogP contribution is 2.26. The summed E-state index contributed by atoms with van der Waals surface area (Å²) in [5.41, 5.74) is 1.77. The fourth-order valence-electron chi connectivity index (χ4n) is 3.30. The Hall–Kier alpha value is -3.09. The molecule has 7 heteroatoms. The molecule has 2 N–H and O–H groups in total. The maximum atomic E-state index is 12.4. The summed E-state index contributed by atoms with van der Waals surface area (Å²) in [7, 11) is 0. The van der Waals surface area contributed by atoms with Crippen molar-refractivity contribution in [3.8, 4) is 0 Å². The normalized spacial score (nSPS) is 14.6. The number of likely N-dealkylation sites (tertiary alicyclic amines) is 1. The largest absolute Gasteiger partial charge is 0.342 e. The standard InChI is InChI=1S/C20H25N5O2/c1-3-6-19(26)24-13-10-16(11-14-24)25-18(9-12-21-25)23-20(27)22-17-8-5-4-7-15(17)2/h3-5,7-9,12,16H,1,6,10-11,13-14H2,2H3,(H2,22,23,27). The molecule has 0 aliphatic carbocycles. The van der Waals surface area contributed by atoms with E-state index in [0.29, 0.717) is 25.3 Å². The van der Waals surface area contributed by atoms with Crippen LogP contribution in [0.2, 0.25) is 0 Å². The van der Waals surface area contributed by atoms with Gasteiger partial charge in [0.05, 0.1) is 12.2 Å². The number of carbonyl (C=O) groups is 2. The monoisotopic (exact) mass is 367 g/mol. The fourth-order valence-corrected chi connectivity index (χ4v) is 3.30. The van der Waals surface area contributed by atoms with Gasteiger partial charge < -0.3 is 10.2 Å². The number of hydrogen-bond acceptors (Lipinski definition) is 3. The van der Waals surface area contributed by atoms with E-state index in [2.05, 4.69) is 22.3 Å². The third-order valence-corrected chi connectivity index (χ3v) is 4.79. The Bertz CT molecular complexity index is 821. The number of amides is 3. The summed E-state index contributed by atoms with van der Waals surface area (Å²) >= 11 is 0. The molecule has 1 aliphatic heterocycles. The third-order valence-electron chi connectivity index (χ3n) is 4.79. The van der Waals surface area contributed by atoms with Crippen molar-refractivity contribution in [1.29, 1.82) is 0 Å². The average Bonchev–Trinajstić information content (AvgIpc) is 3.12. The van der Waals surface area contributed by atoms with Crippen molar-refractivity contribution >= 4 is 23.4 Å². The first-order valence-corrected chi connectivity index (χ1v) is 9.14. The van der Waals surface area contributed by atoms with Crippen LogP contribution >= 0.6 is 0 Å². The van der Waals surface area contributed by atoms with Crippen LogP contribution < -0.4 is 10.6 Å². The third kappa shape index (κ3) is 4.55. The Labute approximate surface area is 159 Å². The van der Waals surface area contributed by atoms with Gasteiger partial charge in [0.25, 0.3) is 0 Å². The summed E-state index contributed by atoms with van der Waals surface area (Å²) in [5.74, 6) is 0.761. The molecule has 3 amide bonds. The van der Waals surface area contributed by atoms with E-state index in [1.54, 1.807) is 18.3 Å².